The molecule has 0 unspecified atom stereocenters. The molecule has 0 atom stereocenters. The number of carboxylic acid groups (broad SMARTS) is 1. The Kier molecular flexibility index (Phi) is 3.47. The Morgan fingerprint density at radius 1 is 1.44 bits per heavy atom. The summed E-state index contributed by atoms with van der Waals surface area (Å²) in [6, 6.07) is 7.04. The molecule has 94 valence electrons. The predicted octanol–water partition coefficient (Wildman–Crippen LogP) is 1.96. The molecule has 0 aliphatic heterocycles. The smallest absolute Gasteiger partial charge is 0.373 e. The normalized spacial score (nSPS) is 10.1. The third-order valence-corrected chi connectivity index (χ3v) is 2.17. The summed E-state index contributed by atoms with van der Waals surface area (Å²) in [7, 11) is 1.56. The fraction of sp³-hybridized carbons (Fsp3) is 0.167. The van der Waals surface area contributed by atoms with E-state index in [1.807, 2.05) is 0 Å². The van der Waals surface area contributed by atoms with Crippen molar-refractivity contribution < 1.29 is 23.8 Å². The molecule has 0 radical (unpaired) electrons. The van der Waals surface area contributed by atoms with Gasteiger partial charge in [0.2, 0.25) is 11.7 Å². The van der Waals surface area contributed by atoms with Crippen molar-refractivity contribution in [2.45, 2.75) is 6.61 Å². The van der Waals surface area contributed by atoms with Gasteiger partial charge in [-0.25, -0.2) is 9.78 Å². The number of rotatable bonds is 5. The number of carbonyl (C=O) groups is 1. The second kappa shape index (κ2) is 5.22. The molecule has 1 heterocycles. The summed E-state index contributed by atoms with van der Waals surface area (Å²) in [4.78, 5) is 14.4. The number of nitrogens with zero attached hydrogens (tertiary/aromatic N) is 1. The van der Waals surface area contributed by atoms with E-state index >= 15 is 0 Å². The number of methoxy groups -OCH3 is 1. The van der Waals surface area contributed by atoms with Crippen LogP contribution in [0.15, 0.2) is 34.9 Å². The summed E-state index contributed by atoms with van der Waals surface area (Å²) in [6.45, 7) is 0.0560. The minimum atomic E-state index is -1.16. The van der Waals surface area contributed by atoms with Crippen molar-refractivity contribution >= 4 is 5.97 Å². The molecule has 2 rings (SSSR count). The fourth-order valence-corrected chi connectivity index (χ4v) is 1.31. The van der Waals surface area contributed by atoms with Crippen LogP contribution in [0, 0.1) is 0 Å². The van der Waals surface area contributed by atoms with Crippen LogP contribution in [0.3, 0.4) is 0 Å². The lowest BCUT2D eigenvalue weighted by molar-refractivity contribution is 0.0658. The summed E-state index contributed by atoms with van der Waals surface area (Å²) in [5.74, 6) is 0.0974. The van der Waals surface area contributed by atoms with Gasteiger partial charge < -0.3 is 19.0 Å². The van der Waals surface area contributed by atoms with Crippen molar-refractivity contribution in [3.63, 3.8) is 0 Å². The number of hydrogen-bond donors (Lipinski definition) is 1. The quantitative estimate of drug-likeness (QED) is 0.872. The molecule has 18 heavy (non-hydrogen) atoms. The van der Waals surface area contributed by atoms with Gasteiger partial charge in [-0.15, -0.1) is 0 Å². The van der Waals surface area contributed by atoms with Crippen LogP contribution in [0.2, 0.25) is 0 Å². The van der Waals surface area contributed by atoms with Gasteiger partial charge in [0.05, 0.1) is 13.3 Å². The van der Waals surface area contributed by atoms with Gasteiger partial charge >= 0.3 is 5.97 Å². The summed E-state index contributed by atoms with van der Waals surface area (Å²) >= 11 is 0. The molecule has 6 heteroatoms. The molecular weight excluding hydrogens is 238 g/mol. The Bertz CT molecular complexity index is 549. The van der Waals surface area contributed by atoms with Crippen LogP contribution in [-0.4, -0.2) is 23.2 Å². The molecule has 0 aliphatic rings. The lowest BCUT2D eigenvalue weighted by Gasteiger charge is -2.05. The van der Waals surface area contributed by atoms with Gasteiger partial charge in [-0.1, -0.05) is 6.07 Å². The van der Waals surface area contributed by atoms with Crippen LogP contribution in [0.25, 0.3) is 0 Å². The number of hydrogen-bond acceptors (Lipinski definition) is 5. The van der Waals surface area contributed by atoms with E-state index in [2.05, 4.69) is 4.98 Å². The third-order valence-electron chi connectivity index (χ3n) is 2.17. The fourth-order valence-electron chi connectivity index (χ4n) is 1.31. The van der Waals surface area contributed by atoms with E-state index in [1.165, 1.54) is 0 Å². The van der Waals surface area contributed by atoms with Crippen LogP contribution in [0.1, 0.15) is 16.4 Å². The van der Waals surface area contributed by atoms with Crippen LogP contribution in [0.5, 0.6) is 11.5 Å². The maximum absolute atomic E-state index is 10.6. The number of ether oxygens (including phenoxy) is 2. The molecular formula is C12H11NO5. The second-order valence-corrected chi connectivity index (χ2v) is 3.39. The number of benzene rings is 1. The molecule has 0 bridgehead atoms. The Morgan fingerprint density at radius 2 is 2.22 bits per heavy atom. The zero-order valence-corrected chi connectivity index (χ0v) is 9.62. The highest BCUT2D eigenvalue weighted by Gasteiger charge is 2.10. The lowest BCUT2D eigenvalue weighted by atomic mass is 10.3. The van der Waals surface area contributed by atoms with E-state index in [-0.39, 0.29) is 18.3 Å². The Hall–Kier alpha value is -2.50. The van der Waals surface area contributed by atoms with E-state index in [1.54, 1.807) is 31.4 Å². The predicted molar refractivity (Wildman–Crippen MR) is 60.8 cm³/mol. The van der Waals surface area contributed by atoms with Gasteiger partial charge in [0.25, 0.3) is 0 Å². The number of aromatic carboxylic acids is 1. The SMILES string of the molecule is COc1cccc(OCc2ncc(C(=O)O)o2)c1. The van der Waals surface area contributed by atoms with Gasteiger partial charge in [-0.2, -0.15) is 0 Å². The van der Waals surface area contributed by atoms with Crippen molar-refractivity contribution in [1.29, 1.82) is 0 Å². The van der Waals surface area contributed by atoms with E-state index in [4.69, 9.17) is 19.0 Å². The van der Waals surface area contributed by atoms with E-state index in [0.29, 0.717) is 11.5 Å². The van der Waals surface area contributed by atoms with Crippen molar-refractivity contribution in [3.8, 4) is 11.5 Å². The van der Waals surface area contributed by atoms with E-state index in [9.17, 15) is 4.79 Å². The summed E-state index contributed by atoms with van der Waals surface area (Å²) in [6.07, 6.45) is 1.15. The van der Waals surface area contributed by atoms with Crippen molar-refractivity contribution in [3.05, 3.63) is 42.1 Å². The molecule has 1 N–H and O–H groups in total. The molecule has 2 aromatic rings. The van der Waals surface area contributed by atoms with Gasteiger partial charge in [-0.05, 0) is 12.1 Å². The van der Waals surface area contributed by atoms with Crippen molar-refractivity contribution in [2.75, 3.05) is 7.11 Å². The molecule has 0 fully saturated rings. The first kappa shape index (κ1) is 12.0. The highest BCUT2D eigenvalue weighted by molar-refractivity contribution is 5.83. The molecule has 1 aromatic carbocycles. The van der Waals surface area contributed by atoms with Gasteiger partial charge in [-0.3, -0.25) is 0 Å². The van der Waals surface area contributed by atoms with E-state index < -0.39 is 5.97 Å². The molecule has 1 aromatic heterocycles. The topological polar surface area (TPSA) is 81.8 Å². The third kappa shape index (κ3) is 2.79. The highest BCUT2D eigenvalue weighted by atomic mass is 16.5. The van der Waals surface area contributed by atoms with Gasteiger partial charge in [0.15, 0.2) is 6.61 Å². The lowest BCUT2D eigenvalue weighted by Crippen LogP contribution is -1.96. The number of oxazole rings is 1. The summed E-state index contributed by atoms with van der Waals surface area (Å²) < 4.78 is 15.4. The Morgan fingerprint density at radius 3 is 2.89 bits per heavy atom. The van der Waals surface area contributed by atoms with Crippen LogP contribution < -0.4 is 9.47 Å². The van der Waals surface area contributed by atoms with E-state index in [0.717, 1.165) is 6.20 Å². The van der Waals surface area contributed by atoms with Crippen molar-refractivity contribution in [2.24, 2.45) is 0 Å². The Labute approximate surface area is 103 Å². The Balaban J connectivity index is 1.99. The minimum Gasteiger partial charge on any atom is -0.497 e. The van der Waals surface area contributed by atoms with Gasteiger partial charge in [0, 0.05) is 6.07 Å². The average molecular weight is 249 g/mol. The molecule has 0 aliphatic carbocycles. The first-order chi connectivity index (χ1) is 8.69. The standard InChI is InChI=1S/C12H11NO5/c1-16-8-3-2-4-9(5-8)17-7-11-13-6-10(18-11)12(14)15/h2-6H,7H2,1H3,(H,14,15). The zero-order valence-electron chi connectivity index (χ0n) is 9.62. The van der Waals surface area contributed by atoms with Crippen LogP contribution in [0.4, 0.5) is 0 Å². The molecule has 6 nitrogen and oxygen atoms in total. The molecule has 0 amide bonds. The van der Waals surface area contributed by atoms with Crippen LogP contribution >= 0.6 is 0 Å². The first-order valence-electron chi connectivity index (χ1n) is 5.14. The highest BCUT2D eigenvalue weighted by Crippen LogP contribution is 2.19. The second-order valence-electron chi connectivity index (χ2n) is 3.39. The molecule has 0 saturated heterocycles. The maximum atomic E-state index is 10.6. The minimum absolute atomic E-state index is 0.0560. The van der Waals surface area contributed by atoms with Gasteiger partial charge in [0.1, 0.15) is 11.5 Å². The van der Waals surface area contributed by atoms with Crippen LogP contribution in [-0.2, 0) is 6.61 Å². The molecule has 0 spiro atoms. The number of aromatic nitrogens is 1. The summed E-state index contributed by atoms with van der Waals surface area (Å²) in [5.41, 5.74) is 0. The largest absolute Gasteiger partial charge is 0.497 e. The first-order valence-corrected chi connectivity index (χ1v) is 5.14. The van der Waals surface area contributed by atoms with Crippen molar-refractivity contribution in [1.82, 2.24) is 4.98 Å². The zero-order chi connectivity index (χ0) is 13.0. The monoisotopic (exact) mass is 249 g/mol. The average Bonchev–Trinajstić information content (AvgIpc) is 2.85. The maximum Gasteiger partial charge on any atom is 0.373 e. The number of carboxylic acids is 1. The summed E-state index contributed by atoms with van der Waals surface area (Å²) in [5, 5.41) is 8.66. The molecule has 0 saturated carbocycles.